The summed E-state index contributed by atoms with van der Waals surface area (Å²) in [6.07, 6.45) is 3.50. The average molecular weight is 1010 g/mol. The Balaban J connectivity index is 0.000000222. The van der Waals surface area contributed by atoms with Gasteiger partial charge in [-0.1, -0.05) is 121 Å². The highest BCUT2D eigenvalue weighted by Gasteiger charge is 2.36. The molecule has 0 spiro atoms. The van der Waals surface area contributed by atoms with E-state index in [1.807, 2.05) is 189 Å². The maximum Gasteiger partial charge on any atom is 0.415 e. The molecule has 8 rings (SSSR count). The van der Waals surface area contributed by atoms with E-state index in [2.05, 4.69) is 15.3 Å². The summed E-state index contributed by atoms with van der Waals surface area (Å²) in [5.41, 5.74) is 7.91. The van der Waals surface area contributed by atoms with Crippen LogP contribution < -0.4 is 19.7 Å². The van der Waals surface area contributed by atoms with Gasteiger partial charge in [0.05, 0.1) is 30.3 Å². The third-order valence-corrected chi connectivity index (χ3v) is 11.5. The van der Waals surface area contributed by atoms with Crippen LogP contribution in [0.25, 0.3) is 22.5 Å². The molecule has 1 amide bonds. The maximum atomic E-state index is 13.6. The Bertz CT molecular complexity index is 3010. The van der Waals surface area contributed by atoms with Crippen molar-refractivity contribution in [3.63, 3.8) is 0 Å². The average Bonchev–Trinajstić information content (AvgIpc) is 3.43. The summed E-state index contributed by atoms with van der Waals surface area (Å²) in [6, 6.07) is 60.8. The van der Waals surface area contributed by atoms with Crippen LogP contribution in [0.15, 0.2) is 207 Å². The van der Waals surface area contributed by atoms with Crippen LogP contribution in [0.2, 0.25) is 0 Å². The first-order valence-corrected chi connectivity index (χ1v) is 25.1. The first-order valence-electron chi connectivity index (χ1n) is 25.1. The van der Waals surface area contributed by atoms with Gasteiger partial charge in [-0.15, -0.1) is 0 Å². The Morgan fingerprint density at radius 1 is 0.520 bits per heavy atom. The minimum Gasteiger partial charge on any atom is -0.489 e. The molecule has 1 N–H and O–H groups in total. The van der Waals surface area contributed by atoms with E-state index < -0.39 is 29.7 Å². The lowest BCUT2D eigenvalue weighted by atomic mass is 10.0. The van der Waals surface area contributed by atoms with Crippen LogP contribution in [0.3, 0.4) is 0 Å². The highest BCUT2D eigenvalue weighted by atomic mass is 16.6. The molecule has 8 aromatic rings. The number of benzene rings is 6. The summed E-state index contributed by atoms with van der Waals surface area (Å²) < 4.78 is 28.3. The molecule has 0 aliphatic heterocycles. The van der Waals surface area contributed by atoms with Crippen LogP contribution in [0.1, 0.15) is 56.9 Å². The highest BCUT2D eigenvalue weighted by Crippen LogP contribution is 2.30. The van der Waals surface area contributed by atoms with Crippen molar-refractivity contribution >= 4 is 29.4 Å². The fourth-order valence-electron chi connectivity index (χ4n) is 7.90. The molecule has 12 heteroatoms. The number of ether oxygens (including phenoxy) is 5. The number of carbonyl (C=O) groups excluding carboxylic acids is 3. The van der Waals surface area contributed by atoms with E-state index in [-0.39, 0.29) is 19.0 Å². The van der Waals surface area contributed by atoms with Gasteiger partial charge in [-0.2, -0.15) is 0 Å². The molecule has 0 fully saturated rings. The largest absolute Gasteiger partial charge is 0.489 e. The van der Waals surface area contributed by atoms with Gasteiger partial charge in [0.2, 0.25) is 0 Å². The molecule has 0 aliphatic carbocycles. The lowest BCUT2D eigenvalue weighted by Gasteiger charge is -2.32. The number of carbonyl (C=O) groups is 3. The molecule has 75 heavy (non-hydrogen) atoms. The third kappa shape index (κ3) is 16.9. The Morgan fingerprint density at radius 3 is 1.44 bits per heavy atom. The molecule has 6 aromatic carbocycles. The topological polar surface area (TPSA) is 138 Å². The number of hydrogen-bond donors (Lipinski definition) is 1. The second-order valence-corrected chi connectivity index (χ2v) is 18.4. The van der Waals surface area contributed by atoms with Crippen LogP contribution >= 0.6 is 0 Å². The first-order chi connectivity index (χ1) is 36.4. The van der Waals surface area contributed by atoms with Crippen LogP contribution in [0, 0.1) is 0 Å². The quantitative estimate of drug-likeness (QED) is 0.0577. The summed E-state index contributed by atoms with van der Waals surface area (Å²) >= 11 is 0. The van der Waals surface area contributed by atoms with E-state index >= 15 is 0 Å². The van der Waals surface area contributed by atoms with E-state index in [0.29, 0.717) is 37.6 Å². The molecule has 0 bridgehead atoms. The van der Waals surface area contributed by atoms with Crippen molar-refractivity contribution in [2.45, 2.75) is 78.4 Å². The SMILES string of the molecule is CCOC(=O)C(Cc1ccccc1)N(C(=O)OC(C)(C)C)c1ccnc(-c2ccc(OCc3ccccc3)cc2)c1.CCOC(=O)C(Cc1ccccc1)Nc1ccnc(-c2ccc(OCc3ccccc3)cc2)c1. The van der Waals surface area contributed by atoms with Gasteiger partial charge in [0, 0.05) is 42.0 Å². The number of rotatable bonds is 20. The van der Waals surface area contributed by atoms with Crippen molar-refractivity contribution in [3.05, 3.63) is 229 Å². The van der Waals surface area contributed by atoms with Crippen molar-refractivity contribution in [2.24, 2.45) is 0 Å². The number of nitrogens with one attached hydrogen (secondary N) is 1. The summed E-state index contributed by atoms with van der Waals surface area (Å²) in [7, 11) is 0. The van der Waals surface area contributed by atoms with Crippen LogP contribution in [-0.4, -0.2) is 58.9 Å². The van der Waals surface area contributed by atoms with E-state index in [1.54, 1.807) is 52.2 Å². The zero-order valence-electron chi connectivity index (χ0n) is 43.1. The van der Waals surface area contributed by atoms with Gasteiger partial charge in [0.1, 0.15) is 42.4 Å². The van der Waals surface area contributed by atoms with Crippen LogP contribution in [0.5, 0.6) is 11.5 Å². The second kappa shape index (κ2) is 27.3. The normalized spacial score (nSPS) is 11.6. The predicted octanol–water partition coefficient (Wildman–Crippen LogP) is 13.2. The van der Waals surface area contributed by atoms with Gasteiger partial charge in [-0.05, 0) is 130 Å². The minimum absolute atomic E-state index is 0.187. The fraction of sp³-hybridized carbons (Fsp3) is 0.222. The van der Waals surface area contributed by atoms with E-state index in [0.717, 1.165) is 56.3 Å². The molecule has 0 saturated carbocycles. The molecule has 0 aliphatic rings. The van der Waals surface area contributed by atoms with E-state index in [4.69, 9.17) is 23.7 Å². The Labute approximate surface area is 440 Å². The van der Waals surface area contributed by atoms with Gasteiger partial charge in [-0.25, -0.2) is 14.4 Å². The van der Waals surface area contributed by atoms with Crippen LogP contribution in [0.4, 0.5) is 16.2 Å². The smallest absolute Gasteiger partial charge is 0.415 e. The molecular formula is C63H64N4O8. The molecule has 384 valence electrons. The molecular weight excluding hydrogens is 941 g/mol. The standard InChI is InChI=1S/C34H36N2O5.C29H28N2O3/c1-5-39-32(37)31(22-25-12-8-6-9-13-25)36(33(38)41-34(2,3)4)28-20-21-35-30(23-28)27-16-18-29(19-17-27)40-24-26-14-10-7-11-15-26;1-2-33-29(32)28(19-22-9-5-3-6-10-22)31-25-17-18-30-27(20-25)24-13-15-26(16-14-24)34-21-23-11-7-4-8-12-23/h6-21,23,31H,5,22,24H2,1-4H3;3-18,20,28H,2,19,21H2,1H3,(H,30,31). The number of hydrogen-bond acceptors (Lipinski definition) is 11. The van der Waals surface area contributed by atoms with Gasteiger partial charge < -0.3 is 29.0 Å². The fourth-order valence-corrected chi connectivity index (χ4v) is 7.90. The summed E-state index contributed by atoms with van der Waals surface area (Å²) in [5, 5.41) is 3.33. The highest BCUT2D eigenvalue weighted by molar-refractivity contribution is 5.96. The second-order valence-electron chi connectivity index (χ2n) is 18.4. The number of amides is 1. The first kappa shape index (κ1) is 54.0. The van der Waals surface area contributed by atoms with E-state index in [1.165, 1.54) is 4.90 Å². The van der Waals surface area contributed by atoms with Crippen molar-refractivity contribution in [2.75, 3.05) is 23.4 Å². The monoisotopic (exact) mass is 1000 g/mol. The number of esters is 2. The Kier molecular flexibility index (Phi) is 19.7. The van der Waals surface area contributed by atoms with E-state index in [9.17, 15) is 14.4 Å². The Morgan fingerprint density at radius 2 is 0.960 bits per heavy atom. The molecule has 0 radical (unpaired) electrons. The van der Waals surface area contributed by atoms with Gasteiger partial charge in [0.25, 0.3) is 0 Å². The molecule has 2 unspecified atom stereocenters. The van der Waals surface area contributed by atoms with Gasteiger partial charge in [-0.3, -0.25) is 14.9 Å². The summed E-state index contributed by atoms with van der Waals surface area (Å²) in [4.78, 5) is 49.9. The van der Waals surface area contributed by atoms with Gasteiger partial charge in [0.15, 0.2) is 0 Å². The Hall–Kier alpha value is -8.77. The summed E-state index contributed by atoms with van der Waals surface area (Å²) in [5.74, 6) is 0.742. The maximum absolute atomic E-state index is 13.6. The van der Waals surface area contributed by atoms with Crippen molar-refractivity contribution in [1.29, 1.82) is 0 Å². The zero-order valence-corrected chi connectivity index (χ0v) is 43.1. The molecule has 0 saturated heterocycles. The molecule has 2 aromatic heterocycles. The predicted molar refractivity (Wildman–Crippen MR) is 294 cm³/mol. The van der Waals surface area contributed by atoms with Gasteiger partial charge >= 0.3 is 18.0 Å². The lowest BCUT2D eigenvalue weighted by Crippen LogP contribution is -2.49. The van der Waals surface area contributed by atoms with Crippen LogP contribution in [-0.2, 0) is 49.9 Å². The minimum atomic E-state index is -0.948. The number of aromatic nitrogens is 2. The lowest BCUT2D eigenvalue weighted by molar-refractivity contribution is -0.145. The molecule has 2 heterocycles. The van der Waals surface area contributed by atoms with Crippen molar-refractivity contribution < 1.29 is 38.1 Å². The number of pyridine rings is 2. The third-order valence-electron chi connectivity index (χ3n) is 11.5. The number of anilines is 2. The zero-order chi connectivity index (χ0) is 52.8. The molecule has 2 atom stereocenters. The molecule has 12 nitrogen and oxygen atoms in total. The van der Waals surface area contributed by atoms with Crippen molar-refractivity contribution in [3.8, 4) is 34.0 Å². The summed E-state index contributed by atoms with van der Waals surface area (Å²) in [6.45, 7) is 10.4. The van der Waals surface area contributed by atoms with Crippen molar-refractivity contribution in [1.82, 2.24) is 9.97 Å². The number of nitrogens with zero attached hydrogens (tertiary/aromatic N) is 3.